The second-order valence-corrected chi connectivity index (χ2v) is 5.47. The van der Waals surface area contributed by atoms with Gasteiger partial charge in [0.15, 0.2) is 0 Å². The van der Waals surface area contributed by atoms with Crippen LogP contribution in [0.3, 0.4) is 0 Å². The Kier molecular flexibility index (Phi) is 3.53. The van der Waals surface area contributed by atoms with Crippen molar-refractivity contribution in [1.82, 2.24) is 0 Å². The molecule has 3 aromatic carbocycles. The summed E-state index contributed by atoms with van der Waals surface area (Å²) in [5.74, 6) is 1.73. The van der Waals surface area contributed by atoms with E-state index in [1.54, 1.807) is 0 Å². The zero-order valence-electron chi connectivity index (χ0n) is 12.6. The largest absolute Gasteiger partial charge is 0.456 e. The monoisotopic (exact) mass is 296 g/mol. The van der Waals surface area contributed by atoms with Gasteiger partial charge in [0.2, 0.25) is 0 Å². The first-order valence-corrected chi connectivity index (χ1v) is 7.71. The molecule has 110 valence electrons. The molecular weight excluding hydrogens is 280 g/mol. The van der Waals surface area contributed by atoms with Gasteiger partial charge >= 0.3 is 0 Å². The summed E-state index contributed by atoms with van der Waals surface area (Å²) < 4.78 is 6.17. The van der Waals surface area contributed by atoms with E-state index in [2.05, 4.69) is 60.7 Å². The van der Waals surface area contributed by atoms with Crippen molar-refractivity contribution in [3.8, 4) is 11.5 Å². The molecule has 0 aliphatic carbocycles. The molecule has 0 radical (unpaired) electrons. The molecule has 0 atom stereocenters. The van der Waals surface area contributed by atoms with Crippen molar-refractivity contribution < 1.29 is 4.74 Å². The molecule has 1 aliphatic heterocycles. The van der Waals surface area contributed by atoms with Gasteiger partial charge < -0.3 is 4.74 Å². The van der Waals surface area contributed by atoms with Crippen molar-refractivity contribution in [2.24, 2.45) is 0 Å². The number of fused-ring (bicyclic) bond motifs is 3. The summed E-state index contributed by atoms with van der Waals surface area (Å²) in [6, 6.07) is 24.6. The molecule has 0 saturated carbocycles. The van der Waals surface area contributed by atoms with Crippen LogP contribution in [-0.2, 0) is 0 Å². The van der Waals surface area contributed by atoms with Gasteiger partial charge in [-0.15, -0.1) is 0 Å². The highest BCUT2D eigenvalue weighted by atomic mass is 16.5. The summed E-state index contributed by atoms with van der Waals surface area (Å²) in [7, 11) is 0. The van der Waals surface area contributed by atoms with Gasteiger partial charge in [-0.05, 0) is 23.3 Å². The van der Waals surface area contributed by atoms with Crippen LogP contribution >= 0.6 is 0 Å². The summed E-state index contributed by atoms with van der Waals surface area (Å²) in [4.78, 5) is 0. The van der Waals surface area contributed by atoms with Gasteiger partial charge in [-0.1, -0.05) is 85.0 Å². The number of ether oxygens (including phenoxy) is 1. The molecule has 1 heterocycles. The molecular formula is C22H16O. The number of hydrogen-bond donors (Lipinski definition) is 0. The van der Waals surface area contributed by atoms with E-state index in [9.17, 15) is 0 Å². The Balaban J connectivity index is 1.95. The Morgan fingerprint density at radius 2 is 0.739 bits per heavy atom. The zero-order chi connectivity index (χ0) is 15.5. The molecule has 0 N–H and O–H groups in total. The van der Waals surface area contributed by atoms with Crippen molar-refractivity contribution in [3.05, 3.63) is 95.1 Å². The maximum absolute atomic E-state index is 6.17. The maximum atomic E-state index is 6.17. The Labute approximate surface area is 136 Å². The van der Waals surface area contributed by atoms with Crippen LogP contribution in [0, 0.1) is 0 Å². The first kappa shape index (κ1) is 13.6. The highest BCUT2D eigenvalue weighted by Crippen LogP contribution is 2.31. The average Bonchev–Trinajstić information content (AvgIpc) is 2.63. The van der Waals surface area contributed by atoms with E-state index in [4.69, 9.17) is 4.74 Å². The zero-order valence-corrected chi connectivity index (χ0v) is 12.6. The van der Waals surface area contributed by atoms with Gasteiger partial charge in [-0.2, -0.15) is 0 Å². The molecule has 0 bridgehead atoms. The van der Waals surface area contributed by atoms with E-state index >= 15 is 0 Å². The highest BCUT2D eigenvalue weighted by molar-refractivity contribution is 5.82. The molecule has 0 unspecified atom stereocenters. The normalized spacial score (nSPS) is 15.1. The van der Waals surface area contributed by atoms with E-state index in [1.807, 2.05) is 36.4 Å². The topological polar surface area (TPSA) is 9.23 Å². The van der Waals surface area contributed by atoms with Crippen molar-refractivity contribution in [3.63, 3.8) is 0 Å². The second-order valence-electron chi connectivity index (χ2n) is 5.47. The summed E-state index contributed by atoms with van der Waals surface area (Å²) in [6.07, 6.45) is 8.49. The number of hydrogen-bond acceptors (Lipinski definition) is 1. The predicted octanol–water partition coefficient (Wildman–Crippen LogP) is 6.13. The van der Waals surface area contributed by atoms with Gasteiger partial charge in [0.1, 0.15) is 11.5 Å². The lowest BCUT2D eigenvalue weighted by Crippen LogP contribution is -1.89. The van der Waals surface area contributed by atoms with Gasteiger partial charge in [-0.3, -0.25) is 0 Å². The van der Waals surface area contributed by atoms with Crippen molar-refractivity contribution >= 4 is 24.3 Å². The minimum atomic E-state index is 0.865. The number of rotatable bonds is 0. The van der Waals surface area contributed by atoms with Gasteiger partial charge in [0.25, 0.3) is 0 Å². The molecule has 1 heteroatoms. The third-order valence-electron chi connectivity index (χ3n) is 3.94. The molecule has 1 aliphatic rings. The lowest BCUT2D eigenvalue weighted by atomic mass is 10.0. The third-order valence-corrected chi connectivity index (χ3v) is 3.94. The van der Waals surface area contributed by atoms with E-state index < -0.39 is 0 Å². The van der Waals surface area contributed by atoms with Crippen LogP contribution in [0.15, 0.2) is 72.8 Å². The minimum absolute atomic E-state index is 0.865. The van der Waals surface area contributed by atoms with Crippen LogP contribution in [-0.4, -0.2) is 0 Å². The Morgan fingerprint density at radius 3 is 1.22 bits per heavy atom. The minimum Gasteiger partial charge on any atom is -0.456 e. The Hall–Kier alpha value is -3.06. The molecule has 0 saturated heterocycles. The third kappa shape index (κ3) is 2.82. The van der Waals surface area contributed by atoms with Crippen LogP contribution in [0.1, 0.15) is 22.3 Å². The number of benzene rings is 3. The fraction of sp³-hybridized carbons (Fsp3) is 0. The SMILES string of the molecule is C1=C\c2ccccc2Oc2ccccc2/C=C\c2ccccc2/1. The van der Waals surface area contributed by atoms with E-state index in [0.717, 1.165) is 22.6 Å². The maximum Gasteiger partial charge on any atom is 0.134 e. The average molecular weight is 296 g/mol. The van der Waals surface area contributed by atoms with Crippen LogP contribution in [0.4, 0.5) is 0 Å². The molecule has 4 rings (SSSR count). The molecule has 0 amide bonds. The van der Waals surface area contributed by atoms with Crippen LogP contribution < -0.4 is 4.74 Å². The lowest BCUT2D eigenvalue weighted by Gasteiger charge is -2.10. The van der Waals surface area contributed by atoms with Crippen LogP contribution in [0.2, 0.25) is 0 Å². The summed E-state index contributed by atoms with van der Waals surface area (Å²) in [6.45, 7) is 0. The van der Waals surface area contributed by atoms with Crippen molar-refractivity contribution in [2.75, 3.05) is 0 Å². The standard InChI is InChI=1S/C22H16O/c1-2-8-18-14-16-20-10-4-6-12-22(20)23-21-11-5-3-9-19(21)15-13-17(18)7-1/h1-16H/b15-13-,16-14-. The van der Waals surface area contributed by atoms with E-state index in [1.165, 1.54) is 11.1 Å². The molecule has 0 spiro atoms. The van der Waals surface area contributed by atoms with Gasteiger partial charge in [0.05, 0.1) is 0 Å². The fourth-order valence-corrected chi connectivity index (χ4v) is 2.71. The Bertz CT molecular complexity index is 829. The highest BCUT2D eigenvalue weighted by Gasteiger charge is 2.07. The first-order chi connectivity index (χ1) is 11.4. The first-order valence-electron chi connectivity index (χ1n) is 7.71. The van der Waals surface area contributed by atoms with Gasteiger partial charge in [-0.25, -0.2) is 0 Å². The summed E-state index contributed by atoms with van der Waals surface area (Å²) >= 11 is 0. The molecule has 0 aromatic heterocycles. The fourth-order valence-electron chi connectivity index (χ4n) is 2.71. The van der Waals surface area contributed by atoms with Crippen molar-refractivity contribution in [1.29, 1.82) is 0 Å². The van der Waals surface area contributed by atoms with E-state index in [-0.39, 0.29) is 0 Å². The molecule has 3 aromatic rings. The predicted molar refractivity (Wildman–Crippen MR) is 97.3 cm³/mol. The van der Waals surface area contributed by atoms with E-state index in [0.29, 0.717) is 0 Å². The van der Waals surface area contributed by atoms with Crippen LogP contribution in [0.25, 0.3) is 24.3 Å². The summed E-state index contributed by atoms with van der Waals surface area (Å²) in [5, 5.41) is 0. The lowest BCUT2D eigenvalue weighted by molar-refractivity contribution is 0.480. The quantitative estimate of drug-likeness (QED) is 0.379. The summed E-state index contributed by atoms with van der Waals surface area (Å²) in [5.41, 5.74) is 4.52. The molecule has 1 nitrogen and oxygen atoms in total. The van der Waals surface area contributed by atoms with Crippen LogP contribution in [0.5, 0.6) is 11.5 Å². The Morgan fingerprint density at radius 1 is 0.391 bits per heavy atom. The number of para-hydroxylation sites is 2. The smallest absolute Gasteiger partial charge is 0.134 e. The molecule has 23 heavy (non-hydrogen) atoms. The van der Waals surface area contributed by atoms with Gasteiger partial charge in [0, 0.05) is 11.1 Å². The van der Waals surface area contributed by atoms with Crippen molar-refractivity contribution in [2.45, 2.75) is 0 Å². The molecule has 0 fully saturated rings. The second kappa shape index (κ2) is 5.98.